The third-order valence-corrected chi connectivity index (χ3v) is 4.74. The van der Waals surface area contributed by atoms with Crippen molar-refractivity contribution in [1.29, 1.82) is 0 Å². The average Bonchev–Trinajstić information content (AvgIpc) is 2.25. The van der Waals surface area contributed by atoms with Gasteiger partial charge in [-0.25, -0.2) is 13.2 Å². The van der Waals surface area contributed by atoms with Gasteiger partial charge in [0.1, 0.15) is 0 Å². The van der Waals surface area contributed by atoms with Crippen molar-refractivity contribution in [2.24, 2.45) is 0 Å². The Morgan fingerprint density at radius 2 is 2.18 bits per heavy atom. The van der Waals surface area contributed by atoms with Crippen LogP contribution in [0.3, 0.4) is 0 Å². The minimum atomic E-state index is -2.88. The zero-order valence-electron chi connectivity index (χ0n) is 10.5. The maximum absolute atomic E-state index is 11.4. The van der Waals surface area contributed by atoms with E-state index in [1.165, 1.54) is 7.11 Å². The summed E-state index contributed by atoms with van der Waals surface area (Å²) in [6, 6.07) is -0.00422. The molecule has 98 valence electrons. The standard InChI is InChI=1S/C11H19NO4S/c1-9(11(13)16-3)4-5-12-6-7-17(14,15)8-10(12)2/h4,10H,5-8H2,1-3H3. The zero-order chi connectivity index (χ0) is 13.1. The minimum absolute atomic E-state index is 0.00422. The predicted octanol–water partition coefficient (Wildman–Crippen LogP) is 0.225. The van der Waals surface area contributed by atoms with E-state index in [1.807, 2.05) is 11.8 Å². The predicted molar refractivity (Wildman–Crippen MR) is 65.5 cm³/mol. The van der Waals surface area contributed by atoms with Gasteiger partial charge in [-0.15, -0.1) is 0 Å². The summed E-state index contributed by atoms with van der Waals surface area (Å²) in [5, 5.41) is 0. The van der Waals surface area contributed by atoms with Gasteiger partial charge in [-0.3, -0.25) is 4.90 Å². The lowest BCUT2D eigenvalue weighted by Gasteiger charge is -2.32. The van der Waals surface area contributed by atoms with Crippen molar-refractivity contribution >= 4 is 15.8 Å². The van der Waals surface area contributed by atoms with Crippen molar-refractivity contribution in [1.82, 2.24) is 4.90 Å². The van der Waals surface area contributed by atoms with Crippen molar-refractivity contribution in [2.45, 2.75) is 19.9 Å². The number of carbonyl (C=O) groups excluding carboxylic acids is 1. The Bertz CT molecular complexity index is 413. The number of carbonyl (C=O) groups is 1. The summed E-state index contributed by atoms with van der Waals surface area (Å²) in [4.78, 5) is 13.2. The fourth-order valence-electron chi connectivity index (χ4n) is 1.80. The van der Waals surface area contributed by atoms with Gasteiger partial charge in [-0.05, 0) is 13.8 Å². The third-order valence-electron chi connectivity index (χ3n) is 2.95. The van der Waals surface area contributed by atoms with Gasteiger partial charge in [0, 0.05) is 24.7 Å². The monoisotopic (exact) mass is 261 g/mol. The van der Waals surface area contributed by atoms with Crippen molar-refractivity contribution in [3.8, 4) is 0 Å². The summed E-state index contributed by atoms with van der Waals surface area (Å²) in [6.07, 6.45) is 1.78. The largest absolute Gasteiger partial charge is 0.466 e. The van der Waals surface area contributed by atoms with E-state index in [2.05, 4.69) is 4.74 Å². The second-order valence-corrected chi connectivity index (χ2v) is 6.57. The van der Waals surface area contributed by atoms with E-state index in [4.69, 9.17) is 0 Å². The van der Waals surface area contributed by atoms with E-state index in [0.717, 1.165) is 0 Å². The smallest absolute Gasteiger partial charge is 0.333 e. The summed E-state index contributed by atoms with van der Waals surface area (Å²) in [5.41, 5.74) is 0.549. The second kappa shape index (κ2) is 5.64. The Balaban J connectivity index is 2.57. The van der Waals surface area contributed by atoms with Crippen LogP contribution in [0.5, 0.6) is 0 Å². The summed E-state index contributed by atoms with van der Waals surface area (Å²) in [5.74, 6) is 0.0443. The van der Waals surface area contributed by atoms with Gasteiger partial charge in [-0.1, -0.05) is 6.08 Å². The highest BCUT2D eigenvalue weighted by Crippen LogP contribution is 2.11. The normalized spacial score (nSPS) is 25.6. The molecule has 1 aliphatic rings. The Morgan fingerprint density at radius 3 is 2.71 bits per heavy atom. The van der Waals surface area contributed by atoms with Gasteiger partial charge >= 0.3 is 5.97 Å². The molecule has 0 N–H and O–H groups in total. The van der Waals surface area contributed by atoms with Crippen LogP contribution in [0.25, 0.3) is 0 Å². The Labute approximate surface area is 102 Å². The molecule has 1 heterocycles. The number of nitrogens with zero attached hydrogens (tertiary/aromatic N) is 1. The molecule has 0 aromatic carbocycles. The van der Waals surface area contributed by atoms with Crippen molar-refractivity contribution in [2.75, 3.05) is 31.7 Å². The van der Waals surface area contributed by atoms with E-state index in [1.54, 1.807) is 13.0 Å². The number of rotatable bonds is 3. The van der Waals surface area contributed by atoms with Crippen LogP contribution in [0.1, 0.15) is 13.8 Å². The second-order valence-electron chi connectivity index (χ2n) is 4.34. The molecule has 0 aliphatic carbocycles. The molecule has 1 atom stereocenters. The Kier molecular flexibility index (Phi) is 4.70. The van der Waals surface area contributed by atoms with Crippen LogP contribution in [-0.4, -0.2) is 57.0 Å². The number of methoxy groups -OCH3 is 1. The zero-order valence-corrected chi connectivity index (χ0v) is 11.3. The molecular weight excluding hydrogens is 242 g/mol. The van der Waals surface area contributed by atoms with Gasteiger partial charge in [0.15, 0.2) is 9.84 Å². The lowest BCUT2D eigenvalue weighted by Crippen LogP contribution is -2.46. The van der Waals surface area contributed by atoms with Crippen LogP contribution in [-0.2, 0) is 19.4 Å². The average molecular weight is 261 g/mol. The first-order valence-corrected chi connectivity index (χ1v) is 7.37. The van der Waals surface area contributed by atoms with Crippen molar-refractivity contribution in [3.63, 3.8) is 0 Å². The van der Waals surface area contributed by atoms with Gasteiger partial charge in [0.05, 0.1) is 18.6 Å². The van der Waals surface area contributed by atoms with Crippen LogP contribution < -0.4 is 0 Å². The first-order chi connectivity index (χ1) is 7.85. The molecule has 0 radical (unpaired) electrons. The van der Waals surface area contributed by atoms with Crippen LogP contribution >= 0.6 is 0 Å². The molecule has 1 unspecified atom stereocenters. The number of esters is 1. The summed E-state index contributed by atoms with van der Waals surface area (Å²) in [6.45, 7) is 4.68. The molecule has 17 heavy (non-hydrogen) atoms. The maximum atomic E-state index is 11.4. The molecular formula is C11H19NO4S. The maximum Gasteiger partial charge on any atom is 0.333 e. The van der Waals surface area contributed by atoms with Crippen molar-refractivity contribution < 1.29 is 17.9 Å². The molecule has 0 aromatic heterocycles. The molecule has 1 saturated heterocycles. The highest BCUT2D eigenvalue weighted by molar-refractivity contribution is 7.91. The highest BCUT2D eigenvalue weighted by Gasteiger charge is 2.27. The quantitative estimate of drug-likeness (QED) is 0.537. The molecule has 1 aliphatic heterocycles. The molecule has 0 spiro atoms. The van der Waals surface area contributed by atoms with E-state index < -0.39 is 9.84 Å². The minimum Gasteiger partial charge on any atom is -0.466 e. The van der Waals surface area contributed by atoms with E-state index in [0.29, 0.717) is 18.7 Å². The molecule has 6 heteroatoms. The number of ether oxygens (including phenoxy) is 1. The van der Waals surface area contributed by atoms with Crippen LogP contribution in [0.2, 0.25) is 0 Å². The molecule has 0 aromatic rings. The molecule has 1 rings (SSSR count). The van der Waals surface area contributed by atoms with Gasteiger partial charge in [-0.2, -0.15) is 0 Å². The van der Waals surface area contributed by atoms with Crippen molar-refractivity contribution in [3.05, 3.63) is 11.6 Å². The molecule has 0 saturated carbocycles. The Hall–Kier alpha value is -0.880. The van der Waals surface area contributed by atoms with Gasteiger partial charge in [0.2, 0.25) is 0 Å². The fourth-order valence-corrected chi connectivity index (χ4v) is 3.43. The number of hydrogen-bond donors (Lipinski definition) is 0. The SMILES string of the molecule is COC(=O)C(C)=CCN1CCS(=O)(=O)CC1C. The van der Waals surface area contributed by atoms with Crippen LogP contribution in [0, 0.1) is 0 Å². The summed E-state index contributed by atoms with van der Waals surface area (Å²) < 4.78 is 27.4. The first-order valence-electron chi connectivity index (χ1n) is 5.55. The third kappa shape index (κ3) is 4.12. The van der Waals surface area contributed by atoms with Gasteiger partial charge in [0.25, 0.3) is 0 Å². The lowest BCUT2D eigenvalue weighted by molar-refractivity contribution is -0.136. The number of sulfone groups is 1. The summed E-state index contributed by atoms with van der Waals surface area (Å²) in [7, 11) is -1.54. The molecule has 0 amide bonds. The molecule has 0 bridgehead atoms. The fraction of sp³-hybridized carbons (Fsp3) is 0.727. The van der Waals surface area contributed by atoms with Crippen LogP contribution in [0.15, 0.2) is 11.6 Å². The number of hydrogen-bond acceptors (Lipinski definition) is 5. The highest BCUT2D eigenvalue weighted by atomic mass is 32.2. The van der Waals surface area contributed by atoms with Crippen LogP contribution in [0.4, 0.5) is 0 Å². The topological polar surface area (TPSA) is 63.7 Å². The molecule has 5 nitrogen and oxygen atoms in total. The van der Waals surface area contributed by atoms with E-state index in [9.17, 15) is 13.2 Å². The van der Waals surface area contributed by atoms with E-state index >= 15 is 0 Å². The molecule has 1 fully saturated rings. The lowest BCUT2D eigenvalue weighted by atomic mass is 10.2. The first kappa shape index (κ1) is 14.2. The van der Waals surface area contributed by atoms with E-state index in [-0.39, 0.29) is 23.5 Å². The van der Waals surface area contributed by atoms with Gasteiger partial charge < -0.3 is 4.74 Å². The summed E-state index contributed by atoms with van der Waals surface area (Å²) >= 11 is 0. The Morgan fingerprint density at radius 1 is 1.53 bits per heavy atom.